The van der Waals surface area contributed by atoms with E-state index in [1.54, 1.807) is 19.0 Å². The minimum absolute atomic E-state index is 0.0810. The number of carbonyl (C=O) groups excluding carboxylic acids is 1. The van der Waals surface area contributed by atoms with Gasteiger partial charge in [0.25, 0.3) is 5.91 Å². The van der Waals surface area contributed by atoms with Crippen LogP contribution in [0.5, 0.6) is 0 Å². The van der Waals surface area contributed by atoms with Crippen LogP contribution in [0, 0.1) is 0 Å². The summed E-state index contributed by atoms with van der Waals surface area (Å²) >= 11 is 0. The number of likely N-dealkylation sites (tertiary alicyclic amines) is 1. The van der Waals surface area contributed by atoms with Crippen molar-refractivity contribution in [2.75, 3.05) is 20.6 Å². The van der Waals surface area contributed by atoms with Crippen molar-refractivity contribution in [3.05, 3.63) is 0 Å². The molecule has 1 aliphatic heterocycles. The van der Waals surface area contributed by atoms with Gasteiger partial charge in [-0.25, -0.2) is 0 Å². The van der Waals surface area contributed by atoms with Gasteiger partial charge >= 0.3 is 0 Å². The first kappa shape index (κ1) is 6.26. The lowest BCUT2D eigenvalue weighted by molar-refractivity contribution is -0.121. The highest BCUT2D eigenvalue weighted by Crippen LogP contribution is 2.03. The molecular formula is C6H10N2O. The van der Waals surface area contributed by atoms with E-state index >= 15 is 0 Å². The molecule has 1 rings (SSSR count). The second-order valence-corrected chi connectivity index (χ2v) is 2.15. The Morgan fingerprint density at radius 2 is 2.33 bits per heavy atom. The Morgan fingerprint density at radius 1 is 1.67 bits per heavy atom. The number of hydrogen-bond acceptors (Lipinski definition) is 2. The lowest BCUT2D eigenvalue weighted by Gasteiger charge is -2.03. The van der Waals surface area contributed by atoms with E-state index in [-0.39, 0.29) is 5.91 Å². The zero-order valence-corrected chi connectivity index (χ0v) is 5.72. The Balaban J connectivity index is 2.74. The van der Waals surface area contributed by atoms with E-state index in [0.717, 1.165) is 13.0 Å². The first-order valence-electron chi connectivity index (χ1n) is 2.97. The average Bonchev–Trinajstić information content (AvgIpc) is 2.15. The van der Waals surface area contributed by atoms with E-state index in [0.29, 0.717) is 5.71 Å². The van der Waals surface area contributed by atoms with Crippen molar-refractivity contribution < 1.29 is 4.79 Å². The standard InChI is InChI=1S/C6H10N2O/c1-7-5-3-4-8(2)6(5)9/h3-4H2,1-2H3/b7-5-. The summed E-state index contributed by atoms with van der Waals surface area (Å²) < 4.78 is 0. The van der Waals surface area contributed by atoms with Crippen molar-refractivity contribution in [2.45, 2.75) is 6.42 Å². The third-order valence-electron chi connectivity index (χ3n) is 1.55. The average molecular weight is 126 g/mol. The van der Waals surface area contributed by atoms with Crippen LogP contribution in [0.2, 0.25) is 0 Å². The van der Waals surface area contributed by atoms with Crippen LogP contribution in [-0.4, -0.2) is 37.2 Å². The third kappa shape index (κ3) is 0.943. The summed E-state index contributed by atoms with van der Waals surface area (Å²) in [7, 11) is 3.45. The zero-order chi connectivity index (χ0) is 6.85. The first-order valence-corrected chi connectivity index (χ1v) is 2.97. The SMILES string of the molecule is C/N=C1/CCN(C)C1=O. The molecule has 1 saturated heterocycles. The van der Waals surface area contributed by atoms with Crippen molar-refractivity contribution in [1.29, 1.82) is 0 Å². The first-order chi connectivity index (χ1) is 4.25. The van der Waals surface area contributed by atoms with E-state index in [2.05, 4.69) is 4.99 Å². The molecule has 0 unspecified atom stereocenters. The molecule has 1 fully saturated rings. The van der Waals surface area contributed by atoms with E-state index in [1.807, 2.05) is 0 Å². The summed E-state index contributed by atoms with van der Waals surface area (Å²) in [5.41, 5.74) is 0.706. The molecule has 0 aromatic carbocycles. The molecule has 0 radical (unpaired) electrons. The highest BCUT2D eigenvalue weighted by molar-refractivity contribution is 6.40. The molecule has 0 aliphatic carbocycles. The number of amides is 1. The molecule has 1 amide bonds. The molecule has 3 heteroatoms. The summed E-state index contributed by atoms with van der Waals surface area (Å²) in [4.78, 5) is 16.5. The van der Waals surface area contributed by atoms with Gasteiger partial charge in [0, 0.05) is 27.1 Å². The minimum atomic E-state index is 0.0810. The highest BCUT2D eigenvalue weighted by Gasteiger charge is 2.22. The molecule has 1 aliphatic rings. The van der Waals surface area contributed by atoms with Crippen LogP contribution in [0.3, 0.4) is 0 Å². The van der Waals surface area contributed by atoms with Crippen LogP contribution in [-0.2, 0) is 4.79 Å². The Kier molecular flexibility index (Phi) is 1.51. The van der Waals surface area contributed by atoms with Gasteiger partial charge in [0.15, 0.2) is 0 Å². The number of carbonyl (C=O) groups is 1. The van der Waals surface area contributed by atoms with Crippen molar-refractivity contribution in [3.63, 3.8) is 0 Å². The lowest BCUT2D eigenvalue weighted by Crippen LogP contribution is -2.22. The van der Waals surface area contributed by atoms with Gasteiger partial charge in [0.05, 0.1) is 0 Å². The molecule has 9 heavy (non-hydrogen) atoms. The quantitative estimate of drug-likeness (QED) is 0.447. The largest absolute Gasteiger partial charge is 0.340 e. The summed E-state index contributed by atoms with van der Waals surface area (Å²) in [5.74, 6) is 0.0810. The van der Waals surface area contributed by atoms with Gasteiger partial charge in [0.2, 0.25) is 0 Å². The van der Waals surface area contributed by atoms with Gasteiger partial charge in [-0.05, 0) is 0 Å². The molecule has 3 nitrogen and oxygen atoms in total. The number of rotatable bonds is 0. The Morgan fingerprint density at radius 3 is 2.56 bits per heavy atom. The van der Waals surface area contributed by atoms with Gasteiger partial charge in [-0.2, -0.15) is 0 Å². The number of nitrogens with zero attached hydrogens (tertiary/aromatic N) is 2. The van der Waals surface area contributed by atoms with Crippen molar-refractivity contribution >= 4 is 11.6 Å². The molecule has 0 aromatic rings. The van der Waals surface area contributed by atoms with Gasteiger partial charge in [-0.1, -0.05) is 0 Å². The molecule has 0 saturated carbocycles. The fourth-order valence-electron chi connectivity index (χ4n) is 0.910. The Labute approximate surface area is 54.4 Å². The number of aliphatic imine (C=N–C) groups is 1. The maximum Gasteiger partial charge on any atom is 0.267 e. The van der Waals surface area contributed by atoms with E-state index in [1.165, 1.54) is 0 Å². The third-order valence-corrected chi connectivity index (χ3v) is 1.55. The Hall–Kier alpha value is -0.860. The Bertz CT molecular complexity index is 162. The van der Waals surface area contributed by atoms with Gasteiger partial charge in [-0.3, -0.25) is 9.79 Å². The summed E-state index contributed by atoms with van der Waals surface area (Å²) in [5, 5.41) is 0. The summed E-state index contributed by atoms with van der Waals surface area (Å²) in [6.07, 6.45) is 0.811. The minimum Gasteiger partial charge on any atom is -0.340 e. The van der Waals surface area contributed by atoms with Crippen molar-refractivity contribution in [1.82, 2.24) is 4.90 Å². The molecule has 0 atom stereocenters. The van der Waals surface area contributed by atoms with E-state index in [4.69, 9.17) is 0 Å². The smallest absolute Gasteiger partial charge is 0.267 e. The van der Waals surface area contributed by atoms with Crippen LogP contribution in [0.1, 0.15) is 6.42 Å². The van der Waals surface area contributed by atoms with Crippen molar-refractivity contribution in [2.24, 2.45) is 4.99 Å². The predicted octanol–water partition coefficient (Wildman–Crippen LogP) is -0.0807. The van der Waals surface area contributed by atoms with E-state index < -0.39 is 0 Å². The monoisotopic (exact) mass is 126 g/mol. The molecule has 0 N–H and O–H groups in total. The fraction of sp³-hybridized carbons (Fsp3) is 0.667. The zero-order valence-electron chi connectivity index (χ0n) is 5.72. The van der Waals surface area contributed by atoms with Gasteiger partial charge in [-0.15, -0.1) is 0 Å². The lowest BCUT2D eigenvalue weighted by atomic mass is 10.3. The van der Waals surface area contributed by atoms with Gasteiger partial charge in [0.1, 0.15) is 5.71 Å². The van der Waals surface area contributed by atoms with Crippen LogP contribution < -0.4 is 0 Å². The predicted molar refractivity (Wildman–Crippen MR) is 35.6 cm³/mol. The van der Waals surface area contributed by atoms with Crippen LogP contribution in [0.25, 0.3) is 0 Å². The van der Waals surface area contributed by atoms with Crippen LogP contribution >= 0.6 is 0 Å². The molecule has 0 spiro atoms. The maximum atomic E-state index is 10.9. The maximum absolute atomic E-state index is 10.9. The van der Waals surface area contributed by atoms with Crippen LogP contribution in [0.4, 0.5) is 0 Å². The topological polar surface area (TPSA) is 32.7 Å². The second kappa shape index (κ2) is 2.17. The van der Waals surface area contributed by atoms with Crippen LogP contribution in [0.15, 0.2) is 4.99 Å². The molecule has 0 aromatic heterocycles. The normalized spacial score (nSPS) is 24.0. The van der Waals surface area contributed by atoms with Gasteiger partial charge < -0.3 is 4.90 Å². The second-order valence-electron chi connectivity index (χ2n) is 2.15. The van der Waals surface area contributed by atoms with E-state index in [9.17, 15) is 4.79 Å². The number of hydrogen-bond donors (Lipinski definition) is 0. The molecular weight excluding hydrogens is 116 g/mol. The fourth-order valence-corrected chi connectivity index (χ4v) is 0.910. The highest BCUT2D eigenvalue weighted by atomic mass is 16.2. The molecule has 1 heterocycles. The summed E-state index contributed by atoms with van der Waals surface area (Å²) in [6.45, 7) is 0.825. The molecule has 50 valence electrons. The molecule has 0 bridgehead atoms. The van der Waals surface area contributed by atoms with Crippen molar-refractivity contribution in [3.8, 4) is 0 Å². The summed E-state index contributed by atoms with van der Waals surface area (Å²) in [6, 6.07) is 0.